The Morgan fingerprint density at radius 2 is 0.615 bits per heavy atom. The minimum atomic E-state index is -4.64. The maximum Gasteiger partial charge on any atom is 1.00 e. The molecule has 0 radical (unpaired) electrons. The van der Waals surface area contributed by atoms with Gasteiger partial charge in [-0.2, -0.15) is 0 Å². The largest absolute Gasteiger partial charge is 1.00 e. The molecule has 0 saturated heterocycles. The van der Waals surface area contributed by atoms with Crippen molar-refractivity contribution in [2.45, 2.75) is 0 Å². The summed E-state index contributed by atoms with van der Waals surface area (Å²) in [4.78, 5) is 43.1. The molecule has 0 saturated carbocycles. The van der Waals surface area contributed by atoms with Crippen LogP contribution in [-0.2, 0) is 9.13 Å². The van der Waals surface area contributed by atoms with Crippen LogP contribution in [0.2, 0.25) is 0 Å². The molecule has 0 aromatic carbocycles. The fourth-order valence-corrected chi connectivity index (χ4v) is 0. The van der Waals surface area contributed by atoms with Gasteiger partial charge in [-0.3, -0.25) is 0 Å². The molecule has 0 atom stereocenters. The van der Waals surface area contributed by atoms with Crippen LogP contribution < -0.4 is 88.7 Å². The van der Waals surface area contributed by atoms with E-state index in [1.54, 1.807) is 0 Å². The molecule has 64 valence electrons. The van der Waals surface area contributed by atoms with Crippen molar-refractivity contribution in [3.8, 4) is 0 Å². The number of hydrogen-bond donors (Lipinski definition) is 6. The van der Waals surface area contributed by atoms with E-state index in [2.05, 4.69) is 0 Å². The third kappa shape index (κ3) is 257. The van der Waals surface area contributed by atoms with Crippen LogP contribution >= 0.6 is 15.6 Å². The summed E-state index contributed by atoms with van der Waals surface area (Å²) in [6.45, 7) is 0. The monoisotopic (exact) mass is 269 g/mol. The molecular formula is H10Na3O8P2+7. The maximum absolute atomic E-state index is 8.88. The first-order chi connectivity index (χ1) is 4.00. The van der Waals surface area contributed by atoms with Crippen molar-refractivity contribution in [1.82, 2.24) is 0 Å². The zero-order valence-corrected chi connectivity index (χ0v) is 15.2. The molecule has 0 aliphatic rings. The molecule has 0 amide bonds. The van der Waals surface area contributed by atoms with Crippen LogP contribution in [0.4, 0.5) is 0 Å². The van der Waals surface area contributed by atoms with E-state index < -0.39 is 15.6 Å². The van der Waals surface area contributed by atoms with Gasteiger partial charge in [0.25, 0.3) is 0 Å². The Hall–Kier alpha value is 3.22. The summed E-state index contributed by atoms with van der Waals surface area (Å²) in [5, 5.41) is 0. The maximum atomic E-state index is 8.88. The second-order valence-corrected chi connectivity index (χ2v) is 3.08. The molecule has 13 heteroatoms. The Kier molecular flexibility index (Phi) is 30.5. The Morgan fingerprint density at radius 3 is 0.615 bits per heavy atom. The molecule has 0 aliphatic carbocycles. The van der Waals surface area contributed by atoms with E-state index in [4.69, 9.17) is 38.5 Å². The van der Waals surface area contributed by atoms with Crippen molar-refractivity contribution in [2.75, 3.05) is 0 Å². The number of hydrogen-bond acceptors (Lipinski definition) is 2. The van der Waals surface area contributed by atoms with Gasteiger partial charge < -0.3 is 29.4 Å². The summed E-state index contributed by atoms with van der Waals surface area (Å²) < 4.78 is 17.8. The van der Waals surface area contributed by atoms with E-state index in [0.29, 0.717) is 0 Å². The van der Waals surface area contributed by atoms with Crippen LogP contribution in [0.1, 0.15) is 5.71 Å². The zero-order chi connectivity index (χ0) is 9.00. The van der Waals surface area contributed by atoms with Gasteiger partial charge in [0, 0.05) is 0 Å². The minimum absolute atomic E-state index is 0. The van der Waals surface area contributed by atoms with Crippen molar-refractivity contribution in [3.05, 3.63) is 0 Å². The molecule has 0 aromatic rings. The first kappa shape index (κ1) is 29.8. The Labute approximate surface area is 146 Å². The Balaban J connectivity index is -0.00000000762. The van der Waals surface area contributed by atoms with Gasteiger partial charge in [0.15, 0.2) is 0 Å². The van der Waals surface area contributed by atoms with Gasteiger partial charge in [0.2, 0.25) is 0 Å². The average Bonchev–Trinajstić information content (AvgIpc) is 1.12. The standard InChI is InChI=1S/3Na.2H3O4P/c;;;2*1-5(2,3)4/h;;;2*(H3,1,2,3,4)/q3*+1;;/p+4. The van der Waals surface area contributed by atoms with Gasteiger partial charge in [-0.25, -0.2) is 9.13 Å². The zero-order valence-electron chi connectivity index (χ0n) is 11.4. The smallest absolute Gasteiger partial charge is 0.303 e. The Morgan fingerprint density at radius 1 is 0.615 bits per heavy atom. The van der Waals surface area contributed by atoms with Gasteiger partial charge in [-0.1, -0.05) is 0 Å². The molecule has 0 aromatic heterocycles. The van der Waals surface area contributed by atoms with Gasteiger partial charge >= 0.3 is 110 Å². The summed E-state index contributed by atoms with van der Waals surface area (Å²) >= 11 is 0. The molecule has 0 aliphatic heterocycles. The predicted molar refractivity (Wildman–Crippen MR) is 33.0 cm³/mol. The van der Waals surface area contributed by atoms with Gasteiger partial charge in [0.1, 0.15) is 0 Å². The molecular weight excluding hydrogens is 259 g/mol. The minimum Gasteiger partial charge on any atom is -0.303 e. The average molecular weight is 269 g/mol. The molecule has 0 spiro atoms. The predicted octanol–water partition coefficient (Wildman–Crippen LogP) is -10.4. The summed E-state index contributed by atoms with van der Waals surface area (Å²) in [5.74, 6) is 0. The van der Waals surface area contributed by atoms with E-state index in [0.717, 1.165) is 0 Å². The molecule has 13 heavy (non-hydrogen) atoms. The topological polar surface area (TPSA) is 156 Å². The molecule has 0 heterocycles. The normalized spacial score (nSPS) is 9.08. The molecule has 6 N–H and O–H groups in total. The molecule has 0 bridgehead atoms. The fourth-order valence-electron chi connectivity index (χ4n) is 0. The molecule has 0 rings (SSSR count). The van der Waals surface area contributed by atoms with Crippen molar-refractivity contribution in [1.29, 1.82) is 0 Å². The van der Waals surface area contributed by atoms with E-state index in [-0.39, 0.29) is 94.4 Å². The number of phosphoric acid groups is 2. The van der Waals surface area contributed by atoms with Crippen LogP contribution in [0.3, 0.4) is 0 Å². The van der Waals surface area contributed by atoms with Crippen LogP contribution in [0.5, 0.6) is 0 Å². The SMILES string of the molecule is O=P(O)(O)O.O=P(O)(O)O.[H+].[H+].[H+].[H+].[Na+].[Na+].[Na+]. The van der Waals surface area contributed by atoms with E-state index in [9.17, 15) is 0 Å². The van der Waals surface area contributed by atoms with Gasteiger partial charge in [0.05, 0.1) is 0 Å². The molecule has 0 fully saturated rings. The number of rotatable bonds is 0. The van der Waals surface area contributed by atoms with Gasteiger partial charge in [-0.15, -0.1) is 0 Å². The third-order valence-electron chi connectivity index (χ3n) is 0. The van der Waals surface area contributed by atoms with Crippen molar-refractivity contribution in [3.63, 3.8) is 0 Å². The quantitative estimate of drug-likeness (QED) is 0.187. The van der Waals surface area contributed by atoms with E-state index in [1.165, 1.54) is 0 Å². The van der Waals surface area contributed by atoms with Gasteiger partial charge in [-0.05, 0) is 0 Å². The summed E-state index contributed by atoms with van der Waals surface area (Å²) in [6, 6.07) is 0. The summed E-state index contributed by atoms with van der Waals surface area (Å²) in [6.07, 6.45) is 0. The third-order valence-corrected chi connectivity index (χ3v) is 0. The van der Waals surface area contributed by atoms with Crippen LogP contribution in [0.25, 0.3) is 0 Å². The second kappa shape index (κ2) is 13.3. The van der Waals surface area contributed by atoms with Crippen LogP contribution in [0, 0.1) is 0 Å². The summed E-state index contributed by atoms with van der Waals surface area (Å²) in [7, 11) is -9.28. The van der Waals surface area contributed by atoms with Crippen LogP contribution in [0.15, 0.2) is 0 Å². The fraction of sp³-hybridized carbons (Fsp3) is 0. The van der Waals surface area contributed by atoms with Crippen LogP contribution in [-0.4, -0.2) is 29.4 Å². The van der Waals surface area contributed by atoms with E-state index in [1.807, 2.05) is 0 Å². The van der Waals surface area contributed by atoms with Crippen molar-refractivity contribution < 1.29 is 133 Å². The molecule has 8 nitrogen and oxygen atoms in total. The Bertz CT molecular complexity index is 143. The van der Waals surface area contributed by atoms with E-state index >= 15 is 0 Å². The first-order valence-corrected chi connectivity index (χ1v) is 4.70. The summed E-state index contributed by atoms with van der Waals surface area (Å²) in [5.41, 5.74) is 0. The van der Waals surface area contributed by atoms with Crippen molar-refractivity contribution >= 4 is 15.6 Å². The first-order valence-electron chi connectivity index (χ1n) is 1.57. The molecule has 0 unspecified atom stereocenters. The van der Waals surface area contributed by atoms with Crippen molar-refractivity contribution in [2.24, 2.45) is 0 Å². The second-order valence-electron chi connectivity index (χ2n) is 1.03.